The zero-order valence-electron chi connectivity index (χ0n) is 9.88. The minimum atomic E-state index is -4.92. The second-order valence-electron chi connectivity index (χ2n) is 3.16. The van der Waals surface area contributed by atoms with Gasteiger partial charge in [0.15, 0.2) is 5.75 Å². The molecule has 1 aromatic rings. The Hall–Kier alpha value is -1.51. The Balaban J connectivity index is 3.33. The molecule has 0 aliphatic carbocycles. The van der Waals surface area contributed by atoms with Crippen LogP contribution in [0.15, 0.2) is 6.07 Å². The van der Waals surface area contributed by atoms with Crippen LogP contribution < -0.4 is 9.47 Å². The number of carbonyl (C=O) groups excluding carboxylic acids is 1. The molecule has 1 rings (SSSR count). The molecule has 0 bridgehead atoms. The summed E-state index contributed by atoms with van der Waals surface area (Å²) in [5.41, 5.74) is 0.0395. The molecule has 1 heterocycles. The molecule has 9 heteroatoms. The monoisotopic (exact) mass is 343 g/mol. The van der Waals surface area contributed by atoms with E-state index >= 15 is 0 Å². The van der Waals surface area contributed by atoms with Gasteiger partial charge in [-0.25, -0.2) is 9.78 Å². The number of alkyl halides is 4. The van der Waals surface area contributed by atoms with Crippen LogP contribution in [0.1, 0.15) is 16.1 Å². The number of rotatable bonds is 4. The van der Waals surface area contributed by atoms with E-state index in [0.717, 1.165) is 20.3 Å². The molecule has 0 aliphatic heterocycles. The van der Waals surface area contributed by atoms with Crippen LogP contribution in [0.4, 0.5) is 13.2 Å². The van der Waals surface area contributed by atoms with Crippen LogP contribution in [-0.2, 0) is 10.1 Å². The number of aromatic nitrogens is 1. The van der Waals surface area contributed by atoms with Gasteiger partial charge in [0.2, 0.25) is 0 Å². The fraction of sp³-hybridized carbons (Fsp3) is 0.400. The van der Waals surface area contributed by atoms with Crippen LogP contribution in [0, 0.1) is 0 Å². The number of pyridine rings is 1. The number of carbonyl (C=O) groups is 1. The predicted octanol–water partition coefficient (Wildman–Crippen LogP) is 2.67. The van der Waals surface area contributed by atoms with E-state index in [9.17, 15) is 18.0 Å². The first-order valence-electron chi connectivity index (χ1n) is 4.80. The molecule has 0 saturated heterocycles. The Bertz CT molecular complexity index is 479. The first-order chi connectivity index (χ1) is 8.82. The third kappa shape index (κ3) is 3.98. The highest BCUT2D eigenvalue weighted by Gasteiger charge is 2.34. The van der Waals surface area contributed by atoms with Crippen molar-refractivity contribution in [1.29, 1.82) is 0 Å². The molecule has 0 atom stereocenters. The van der Waals surface area contributed by atoms with Gasteiger partial charge in [0.05, 0.1) is 25.5 Å². The third-order valence-electron chi connectivity index (χ3n) is 1.98. The van der Waals surface area contributed by atoms with Crippen molar-refractivity contribution in [3.05, 3.63) is 17.3 Å². The van der Waals surface area contributed by atoms with E-state index < -0.39 is 18.1 Å². The van der Waals surface area contributed by atoms with E-state index in [1.807, 2.05) is 0 Å². The minimum absolute atomic E-state index is 0.139. The summed E-state index contributed by atoms with van der Waals surface area (Å²) in [7, 11) is 2.25. The molecule has 0 aromatic carbocycles. The predicted molar refractivity (Wildman–Crippen MR) is 61.4 cm³/mol. The van der Waals surface area contributed by atoms with Crippen molar-refractivity contribution >= 4 is 21.9 Å². The van der Waals surface area contributed by atoms with Gasteiger partial charge in [0, 0.05) is 11.4 Å². The highest BCUT2D eigenvalue weighted by molar-refractivity contribution is 9.08. The molecule has 0 saturated carbocycles. The molecule has 1 aromatic heterocycles. The number of hydrogen-bond acceptors (Lipinski definition) is 5. The molecule has 0 amide bonds. The maximum Gasteiger partial charge on any atom is 0.573 e. The van der Waals surface area contributed by atoms with Crippen LogP contribution >= 0.6 is 15.9 Å². The first-order valence-corrected chi connectivity index (χ1v) is 5.92. The Labute approximate surface area is 114 Å². The van der Waals surface area contributed by atoms with E-state index in [1.165, 1.54) is 0 Å². The molecular formula is C10H9BrF3NO4. The lowest BCUT2D eigenvalue weighted by atomic mass is 10.2. The number of esters is 1. The molecule has 5 nitrogen and oxygen atoms in total. The molecule has 0 fully saturated rings. The van der Waals surface area contributed by atoms with E-state index in [1.54, 1.807) is 0 Å². The Morgan fingerprint density at radius 3 is 2.47 bits per heavy atom. The Morgan fingerprint density at radius 1 is 1.42 bits per heavy atom. The van der Waals surface area contributed by atoms with Crippen LogP contribution in [0.3, 0.4) is 0 Å². The summed E-state index contributed by atoms with van der Waals surface area (Å²) in [5, 5.41) is 0.139. The van der Waals surface area contributed by atoms with Crippen molar-refractivity contribution in [2.45, 2.75) is 11.7 Å². The maximum absolute atomic E-state index is 12.2. The summed E-state index contributed by atoms with van der Waals surface area (Å²) in [5.74, 6) is -1.91. The standard InChI is InChI=1S/C10H9BrF3NO4/c1-17-8-7(19-10(12,13)14)3-5(9(16)18-2)6(4-11)15-8/h3H,4H2,1-2H3. The van der Waals surface area contributed by atoms with Gasteiger partial charge in [0.1, 0.15) is 0 Å². The van der Waals surface area contributed by atoms with Crippen molar-refractivity contribution in [2.24, 2.45) is 0 Å². The lowest BCUT2D eigenvalue weighted by molar-refractivity contribution is -0.275. The van der Waals surface area contributed by atoms with Crippen LogP contribution in [-0.4, -0.2) is 31.5 Å². The maximum atomic E-state index is 12.2. The van der Waals surface area contributed by atoms with Crippen molar-refractivity contribution < 1.29 is 32.2 Å². The average Bonchev–Trinajstić information content (AvgIpc) is 2.35. The van der Waals surface area contributed by atoms with Gasteiger partial charge in [-0.3, -0.25) is 0 Å². The van der Waals surface area contributed by atoms with Gasteiger partial charge in [-0.15, -0.1) is 13.2 Å². The summed E-state index contributed by atoms with van der Waals surface area (Å²) in [4.78, 5) is 15.2. The molecule has 106 valence electrons. The molecular weight excluding hydrogens is 335 g/mol. The van der Waals surface area contributed by atoms with Gasteiger partial charge in [-0.05, 0) is 0 Å². The SMILES string of the molecule is COC(=O)c1cc(OC(F)(F)F)c(OC)nc1CBr. The summed E-state index contributed by atoms with van der Waals surface area (Å²) in [6, 6.07) is 0.877. The molecule has 19 heavy (non-hydrogen) atoms. The lowest BCUT2D eigenvalue weighted by Crippen LogP contribution is -2.19. The smallest absolute Gasteiger partial charge is 0.478 e. The fourth-order valence-corrected chi connectivity index (χ4v) is 1.67. The van der Waals surface area contributed by atoms with Gasteiger partial charge >= 0.3 is 12.3 Å². The largest absolute Gasteiger partial charge is 0.573 e. The molecule has 0 N–H and O–H groups in total. The van der Waals surface area contributed by atoms with Crippen LogP contribution in [0.25, 0.3) is 0 Å². The minimum Gasteiger partial charge on any atom is -0.478 e. The van der Waals surface area contributed by atoms with Gasteiger partial charge in [-0.2, -0.15) is 0 Å². The van der Waals surface area contributed by atoms with Crippen molar-refractivity contribution in [3.8, 4) is 11.6 Å². The number of nitrogens with zero attached hydrogens (tertiary/aromatic N) is 1. The summed E-state index contributed by atoms with van der Waals surface area (Å²) >= 11 is 3.07. The van der Waals surface area contributed by atoms with Crippen molar-refractivity contribution in [2.75, 3.05) is 14.2 Å². The second-order valence-corrected chi connectivity index (χ2v) is 3.72. The summed E-state index contributed by atoms with van der Waals surface area (Å²) < 4.78 is 49.6. The normalized spacial score (nSPS) is 11.1. The summed E-state index contributed by atoms with van der Waals surface area (Å²) in [6.45, 7) is 0. The lowest BCUT2D eigenvalue weighted by Gasteiger charge is -2.14. The Morgan fingerprint density at radius 2 is 2.05 bits per heavy atom. The van der Waals surface area contributed by atoms with Gasteiger partial charge in [0.25, 0.3) is 5.88 Å². The summed E-state index contributed by atoms with van der Waals surface area (Å²) in [6.07, 6.45) is -4.92. The number of halogens is 4. The van der Waals surface area contributed by atoms with Gasteiger partial charge < -0.3 is 14.2 Å². The molecule has 0 unspecified atom stereocenters. The van der Waals surface area contributed by atoms with E-state index in [-0.39, 0.29) is 22.5 Å². The average molecular weight is 344 g/mol. The highest BCUT2D eigenvalue weighted by atomic mass is 79.9. The molecule has 0 radical (unpaired) electrons. The number of methoxy groups -OCH3 is 2. The van der Waals surface area contributed by atoms with E-state index in [0.29, 0.717) is 0 Å². The molecule has 0 spiro atoms. The van der Waals surface area contributed by atoms with Gasteiger partial charge in [-0.1, -0.05) is 15.9 Å². The van der Waals surface area contributed by atoms with Crippen molar-refractivity contribution in [1.82, 2.24) is 4.98 Å². The fourth-order valence-electron chi connectivity index (χ4n) is 1.25. The Kier molecular flexibility index (Phi) is 4.98. The molecule has 0 aliphatic rings. The number of ether oxygens (including phenoxy) is 3. The van der Waals surface area contributed by atoms with Crippen LogP contribution in [0.2, 0.25) is 0 Å². The third-order valence-corrected chi connectivity index (χ3v) is 2.52. The quantitative estimate of drug-likeness (QED) is 0.621. The van der Waals surface area contributed by atoms with Crippen LogP contribution in [0.5, 0.6) is 11.6 Å². The van der Waals surface area contributed by atoms with E-state index in [4.69, 9.17) is 4.74 Å². The zero-order chi connectivity index (χ0) is 14.6. The second kappa shape index (κ2) is 6.09. The first kappa shape index (κ1) is 15.5. The van der Waals surface area contributed by atoms with Crippen molar-refractivity contribution in [3.63, 3.8) is 0 Å². The zero-order valence-corrected chi connectivity index (χ0v) is 11.5. The number of hydrogen-bond donors (Lipinski definition) is 0. The topological polar surface area (TPSA) is 57.7 Å². The van der Waals surface area contributed by atoms with E-state index in [2.05, 4.69) is 30.4 Å². The highest BCUT2D eigenvalue weighted by Crippen LogP contribution is 2.33.